The van der Waals surface area contributed by atoms with Gasteiger partial charge in [-0.3, -0.25) is 0 Å². The van der Waals surface area contributed by atoms with E-state index >= 15 is 0 Å². The second kappa shape index (κ2) is 5.79. The maximum atomic E-state index is 10.4. The summed E-state index contributed by atoms with van der Waals surface area (Å²) in [5.74, 6) is 1.19. The predicted octanol–water partition coefficient (Wildman–Crippen LogP) is 0.269. The Morgan fingerprint density at radius 1 is 1.27 bits per heavy atom. The van der Waals surface area contributed by atoms with Crippen molar-refractivity contribution >= 4 is 7.82 Å². The van der Waals surface area contributed by atoms with Crippen molar-refractivity contribution in [3.63, 3.8) is 0 Å². The van der Waals surface area contributed by atoms with Crippen LogP contribution in [0.25, 0.3) is 0 Å². The Morgan fingerprint density at radius 3 is 2.65 bits per heavy atom. The molecule has 0 radical (unpaired) electrons. The quantitative estimate of drug-likeness (QED) is 0.319. The first-order chi connectivity index (χ1) is 12.1. The van der Waals surface area contributed by atoms with Gasteiger partial charge in [-0.05, 0) is 38.1 Å². The molecule has 5 atom stereocenters. The molecule has 0 amide bonds. The van der Waals surface area contributed by atoms with Gasteiger partial charge in [-0.2, -0.15) is 0 Å². The molecule has 1 aromatic carbocycles. The number of hydrogen-bond acceptors (Lipinski definition) is 5. The highest BCUT2D eigenvalue weighted by molar-refractivity contribution is 7.45. The number of piperidine rings is 1. The fraction of sp³-hybridized carbons (Fsp3) is 0.529. The largest absolute Gasteiger partial charge is 0.504 e. The second-order valence-electron chi connectivity index (χ2n) is 7.44. The van der Waals surface area contributed by atoms with Crippen LogP contribution in [0.5, 0.6) is 11.5 Å². The molecule has 2 heterocycles. The van der Waals surface area contributed by atoms with Gasteiger partial charge >= 0.3 is 7.82 Å². The highest BCUT2D eigenvalue weighted by Gasteiger charge is 2.64. The first kappa shape index (κ1) is 18.0. The molecule has 0 saturated carbocycles. The van der Waals surface area contributed by atoms with Gasteiger partial charge in [0.05, 0.1) is 0 Å². The summed E-state index contributed by atoms with van der Waals surface area (Å²) in [6, 6.07) is 4.23. The van der Waals surface area contributed by atoms with E-state index < -0.39 is 13.9 Å². The van der Waals surface area contributed by atoms with Crippen molar-refractivity contribution in [1.82, 2.24) is 4.90 Å². The highest BCUT2D eigenvalue weighted by Crippen LogP contribution is 2.62. The van der Waals surface area contributed by atoms with Crippen LogP contribution in [0.15, 0.2) is 24.3 Å². The van der Waals surface area contributed by atoms with Gasteiger partial charge in [0.1, 0.15) is 12.2 Å². The second-order valence-corrected chi connectivity index (χ2v) is 8.47. The average Bonchev–Trinajstić information content (AvgIpc) is 2.89. The molecule has 4 aliphatic rings. The molecule has 2 aliphatic heterocycles. The number of ether oxygens (including phenoxy) is 1. The zero-order valence-corrected chi connectivity index (χ0v) is 15.1. The van der Waals surface area contributed by atoms with E-state index in [1.165, 1.54) is 11.1 Å². The van der Waals surface area contributed by atoms with Crippen LogP contribution in [0.4, 0.5) is 0 Å². The predicted molar refractivity (Wildman–Crippen MR) is 91.8 cm³/mol. The summed E-state index contributed by atoms with van der Waals surface area (Å²) in [5, 5.41) is 20.6. The standard InChI is InChI=1S/C17H19NO3.H3O4P/c1-18-7-6-17-10-3-5-13(20)16(17)21-15-12(19)4-2-9(14(15)17)8-11(10)18;1-5(2,3)4/h2-5,10-11,13,16,19-20H,6-8H2,1H3;(H3,1,2,3,4)/t10-,11+,13-,16-,17-;/m0./s1. The molecule has 1 fully saturated rings. The normalized spacial score (nSPS) is 36.7. The third kappa shape index (κ3) is 2.52. The van der Waals surface area contributed by atoms with Crippen molar-refractivity contribution in [2.24, 2.45) is 5.92 Å². The van der Waals surface area contributed by atoms with Gasteiger partial charge in [-0.1, -0.05) is 18.2 Å². The van der Waals surface area contributed by atoms with E-state index in [4.69, 9.17) is 24.0 Å². The molecule has 5 rings (SSSR count). The Hall–Kier alpha value is -1.41. The number of hydrogen-bond donors (Lipinski definition) is 5. The van der Waals surface area contributed by atoms with Gasteiger partial charge < -0.3 is 34.5 Å². The monoisotopic (exact) mass is 383 g/mol. The van der Waals surface area contributed by atoms with Crippen LogP contribution in [0.3, 0.4) is 0 Å². The van der Waals surface area contributed by atoms with Crippen LogP contribution in [-0.2, 0) is 16.4 Å². The smallest absolute Gasteiger partial charge is 0.466 e. The van der Waals surface area contributed by atoms with Crippen LogP contribution in [0.2, 0.25) is 0 Å². The number of phosphoric acid groups is 1. The van der Waals surface area contributed by atoms with Crippen molar-refractivity contribution < 1.29 is 34.2 Å². The lowest BCUT2D eigenvalue weighted by Gasteiger charge is -2.56. The van der Waals surface area contributed by atoms with Crippen molar-refractivity contribution in [3.8, 4) is 11.5 Å². The fourth-order valence-electron chi connectivity index (χ4n) is 5.24. The minimum Gasteiger partial charge on any atom is -0.504 e. The van der Waals surface area contributed by atoms with Crippen molar-refractivity contribution in [2.45, 2.75) is 36.5 Å². The highest BCUT2D eigenvalue weighted by atomic mass is 31.2. The Labute approximate surface area is 150 Å². The maximum absolute atomic E-state index is 10.4. The Bertz CT molecular complexity index is 813. The van der Waals surface area contributed by atoms with Crippen molar-refractivity contribution in [2.75, 3.05) is 13.6 Å². The number of aromatic hydroxyl groups is 1. The third-order valence-corrected chi connectivity index (χ3v) is 6.15. The van der Waals surface area contributed by atoms with E-state index in [2.05, 4.69) is 18.0 Å². The topological polar surface area (TPSA) is 131 Å². The van der Waals surface area contributed by atoms with E-state index in [1.807, 2.05) is 12.1 Å². The zero-order chi connectivity index (χ0) is 18.9. The summed E-state index contributed by atoms with van der Waals surface area (Å²) < 4.78 is 15.0. The molecule has 26 heavy (non-hydrogen) atoms. The number of likely N-dealkylation sites (N-methyl/N-ethyl adjacent to an activating group) is 1. The maximum Gasteiger partial charge on any atom is 0.466 e. The minimum absolute atomic E-state index is 0.160. The molecule has 1 spiro atoms. The van der Waals surface area contributed by atoms with E-state index in [-0.39, 0.29) is 17.3 Å². The molecule has 8 nitrogen and oxygen atoms in total. The number of rotatable bonds is 0. The number of aliphatic hydroxyl groups excluding tert-OH is 1. The molecule has 2 bridgehead atoms. The first-order valence-electron chi connectivity index (χ1n) is 8.50. The number of likely N-dealkylation sites (tertiary alicyclic amines) is 1. The Morgan fingerprint density at radius 2 is 1.96 bits per heavy atom. The van der Waals surface area contributed by atoms with E-state index in [0.717, 1.165) is 19.4 Å². The van der Waals surface area contributed by atoms with Crippen molar-refractivity contribution in [1.29, 1.82) is 0 Å². The molecule has 1 aromatic rings. The Kier molecular flexibility index (Phi) is 4.00. The first-order valence-corrected chi connectivity index (χ1v) is 10.1. The number of aliphatic hydroxyl groups is 1. The van der Waals surface area contributed by atoms with Crippen molar-refractivity contribution in [3.05, 3.63) is 35.4 Å². The van der Waals surface area contributed by atoms with Gasteiger partial charge in [-0.25, -0.2) is 4.57 Å². The Balaban J connectivity index is 0.000000301. The molecule has 142 valence electrons. The van der Waals surface area contributed by atoms with E-state index in [9.17, 15) is 10.2 Å². The molecule has 1 saturated heterocycles. The minimum atomic E-state index is -4.64. The number of phenols is 1. The summed E-state index contributed by atoms with van der Waals surface area (Å²) in [4.78, 5) is 24.0. The number of benzene rings is 1. The number of nitrogens with zero attached hydrogens (tertiary/aromatic N) is 1. The summed E-state index contributed by atoms with van der Waals surface area (Å²) in [6.45, 7) is 1.01. The molecule has 5 N–H and O–H groups in total. The van der Waals surface area contributed by atoms with Crippen LogP contribution in [0.1, 0.15) is 17.5 Å². The SMILES string of the molecule is CN1CC[C@]23c4c5ccc(O)c4O[C@H]2[C@@H](O)C=C[C@H]3[C@H]1C5.O=P(O)(O)O. The summed E-state index contributed by atoms with van der Waals surface area (Å²) in [6.07, 6.45) is 5.18. The average molecular weight is 383 g/mol. The van der Waals surface area contributed by atoms with E-state index in [0.29, 0.717) is 17.7 Å². The molecular formula is C17H22NO7P. The molecular weight excluding hydrogens is 361 g/mol. The zero-order valence-electron chi connectivity index (χ0n) is 14.2. The third-order valence-electron chi connectivity index (χ3n) is 6.15. The lowest BCUT2D eigenvalue weighted by Crippen LogP contribution is -2.64. The molecule has 9 heteroatoms. The van der Waals surface area contributed by atoms with E-state index in [1.54, 1.807) is 6.07 Å². The summed E-state index contributed by atoms with van der Waals surface area (Å²) >= 11 is 0. The van der Waals surface area contributed by atoms with Crippen LogP contribution in [-0.4, -0.2) is 61.6 Å². The van der Waals surface area contributed by atoms with Crippen LogP contribution < -0.4 is 4.74 Å². The van der Waals surface area contributed by atoms with Gasteiger partial charge in [0.15, 0.2) is 11.5 Å². The molecule has 2 aliphatic carbocycles. The molecule has 0 unspecified atom stereocenters. The van der Waals surface area contributed by atoms with Crippen LogP contribution in [0, 0.1) is 5.92 Å². The molecule has 0 aromatic heterocycles. The van der Waals surface area contributed by atoms with Crippen LogP contribution >= 0.6 is 7.82 Å². The van der Waals surface area contributed by atoms with Gasteiger partial charge in [0.2, 0.25) is 0 Å². The lowest BCUT2D eigenvalue weighted by molar-refractivity contribution is -0.0453. The van der Waals surface area contributed by atoms with Gasteiger partial charge in [0.25, 0.3) is 0 Å². The van der Waals surface area contributed by atoms with Gasteiger partial charge in [0, 0.05) is 22.9 Å². The summed E-state index contributed by atoms with van der Waals surface area (Å²) in [5.41, 5.74) is 2.29. The van der Waals surface area contributed by atoms with Gasteiger partial charge in [-0.15, -0.1) is 0 Å². The fourth-order valence-corrected chi connectivity index (χ4v) is 5.24. The lowest BCUT2D eigenvalue weighted by atomic mass is 9.53. The number of phenolic OH excluding ortho intramolecular Hbond substituents is 1. The summed E-state index contributed by atoms with van der Waals surface area (Å²) in [7, 11) is -2.45.